The van der Waals surface area contributed by atoms with Crippen LogP contribution in [0.2, 0.25) is 0 Å². The molecule has 23 heavy (non-hydrogen) atoms. The lowest BCUT2D eigenvalue weighted by molar-refractivity contribution is -0.385. The van der Waals surface area contributed by atoms with E-state index in [1.807, 2.05) is 0 Å². The molecule has 0 bridgehead atoms. The predicted molar refractivity (Wildman–Crippen MR) is 77.5 cm³/mol. The smallest absolute Gasteiger partial charge is 0.311 e. The summed E-state index contributed by atoms with van der Waals surface area (Å²) < 4.78 is 10.2. The largest absolute Gasteiger partial charge is 0.490 e. The summed E-state index contributed by atoms with van der Waals surface area (Å²) in [5.41, 5.74) is -0.199. The molecule has 9 nitrogen and oxygen atoms in total. The highest BCUT2D eigenvalue weighted by atomic mass is 16.6. The van der Waals surface area contributed by atoms with Gasteiger partial charge in [0.2, 0.25) is 5.75 Å². The number of carbonyl (C=O) groups excluding carboxylic acids is 1. The molecule has 0 saturated carbocycles. The Bertz CT molecular complexity index is 632. The number of rotatable bonds is 6. The number of aliphatic carboxylic acids is 1. The van der Waals surface area contributed by atoms with Gasteiger partial charge in [0.05, 0.1) is 18.0 Å². The van der Waals surface area contributed by atoms with Crippen LogP contribution in [-0.2, 0) is 9.59 Å². The summed E-state index contributed by atoms with van der Waals surface area (Å²) in [4.78, 5) is 34.5. The van der Waals surface area contributed by atoms with E-state index in [-0.39, 0.29) is 36.2 Å². The number of likely N-dealkylation sites (tertiary alicyclic amines) is 1. The van der Waals surface area contributed by atoms with E-state index < -0.39 is 16.8 Å². The summed E-state index contributed by atoms with van der Waals surface area (Å²) in [5, 5.41) is 19.7. The van der Waals surface area contributed by atoms with Crippen LogP contribution in [0.3, 0.4) is 0 Å². The van der Waals surface area contributed by atoms with Crippen molar-refractivity contribution in [1.29, 1.82) is 0 Å². The Morgan fingerprint density at radius 2 is 2.22 bits per heavy atom. The molecule has 1 heterocycles. The lowest BCUT2D eigenvalue weighted by atomic mass is 10.1. The Labute approximate surface area is 131 Å². The molecule has 2 rings (SSSR count). The first kappa shape index (κ1) is 16.5. The average molecular weight is 324 g/mol. The highest BCUT2D eigenvalue weighted by Gasteiger charge is 2.30. The molecule has 1 unspecified atom stereocenters. The maximum atomic E-state index is 12.0. The van der Waals surface area contributed by atoms with Gasteiger partial charge in [-0.2, -0.15) is 0 Å². The van der Waals surface area contributed by atoms with E-state index in [4.69, 9.17) is 14.6 Å². The number of benzene rings is 1. The van der Waals surface area contributed by atoms with E-state index in [0.717, 1.165) is 0 Å². The second kappa shape index (κ2) is 6.95. The van der Waals surface area contributed by atoms with E-state index in [1.165, 1.54) is 30.2 Å². The number of methoxy groups -OCH3 is 1. The monoisotopic (exact) mass is 324 g/mol. The van der Waals surface area contributed by atoms with Crippen molar-refractivity contribution in [3.63, 3.8) is 0 Å². The molecule has 1 amide bonds. The van der Waals surface area contributed by atoms with Gasteiger partial charge in [0.25, 0.3) is 5.91 Å². The number of nitro benzene ring substituents is 1. The summed E-state index contributed by atoms with van der Waals surface area (Å²) in [7, 11) is 1.30. The highest BCUT2D eigenvalue weighted by molar-refractivity contribution is 5.80. The number of nitro groups is 1. The second-order valence-electron chi connectivity index (χ2n) is 5.04. The molecule has 1 atom stereocenters. The fourth-order valence-corrected chi connectivity index (χ4v) is 2.32. The Morgan fingerprint density at radius 1 is 1.48 bits per heavy atom. The predicted octanol–water partition coefficient (Wildman–Crippen LogP) is 0.915. The van der Waals surface area contributed by atoms with Crippen LogP contribution in [0, 0.1) is 16.0 Å². The molecule has 0 aromatic heterocycles. The Hall–Kier alpha value is -2.84. The summed E-state index contributed by atoms with van der Waals surface area (Å²) in [6.07, 6.45) is 0.423. The zero-order valence-electron chi connectivity index (χ0n) is 12.4. The number of nitrogens with zero attached hydrogens (tertiary/aromatic N) is 2. The number of carbonyl (C=O) groups is 2. The van der Waals surface area contributed by atoms with Crippen molar-refractivity contribution < 1.29 is 29.1 Å². The first-order chi connectivity index (χ1) is 10.9. The van der Waals surface area contributed by atoms with Crippen molar-refractivity contribution in [2.24, 2.45) is 5.92 Å². The molecule has 1 aromatic carbocycles. The number of carboxylic acids is 1. The van der Waals surface area contributed by atoms with Crippen molar-refractivity contribution in [3.8, 4) is 11.5 Å². The van der Waals surface area contributed by atoms with Gasteiger partial charge >= 0.3 is 11.7 Å². The lowest BCUT2D eigenvalue weighted by Gasteiger charge is -2.16. The summed E-state index contributed by atoms with van der Waals surface area (Å²) >= 11 is 0. The van der Waals surface area contributed by atoms with Crippen LogP contribution >= 0.6 is 0 Å². The first-order valence-corrected chi connectivity index (χ1v) is 6.88. The van der Waals surface area contributed by atoms with Gasteiger partial charge in [-0.15, -0.1) is 0 Å². The normalized spacial score (nSPS) is 16.9. The summed E-state index contributed by atoms with van der Waals surface area (Å²) in [6.45, 7) is 0.275. The number of amides is 1. The molecule has 1 aliphatic heterocycles. The van der Waals surface area contributed by atoms with Gasteiger partial charge in [-0.3, -0.25) is 19.7 Å². The Morgan fingerprint density at radius 3 is 2.78 bits per heavy atom. The zero-order chi connectivity index (χ0) is 17.0. The third-order valence-electron chi connectivity index (χ3n) is 3.60. The van der Waals surface area contributed by atoms with Crippen LogP contribution in [-0.4, -0.2) is 53.6 Å². The molecule has 0 spiro atoms. The molecule has 0 aliphatic carbocycles. The molecule has 124 valence electrons. The van der Waals surface area contributed by atoms with Crippen molar-refractivity contribution in [3.05, 3.63) is 28.3 Å². The van der Waals surface area contributed by atoms with E-state index in [0.29, 0.717) is 13.0 Å². The summed E-state index contributed by atoms with van der Waals surface area (Å²) in [6, 6.07) is 3.93. The van der Waals surface area contributed by atoms with Gasteiger partial charge < -0.3 is 19.5 Å². The van der Waals surface area contributed by atoms with Crippen molar-refractivity contribution in [2.45, 2.75) is 6.42 Å². The van der Waals surface area contributed by atoms with Gasteiger partial charge in [-0.1, -0.05) is 0 Å². The van der Waals surface area contributed by atoms with E-state index in [2.05, 4.69) is 0 Å². The standard InChI is InChI=1S/C14H16N2O7/c1-22-12-6-10(2-3-11(12)16(20)21)23-8-13(17)15-5-4-9(7-15)14(18)19/h2-3,6,9H,4-5,7-8H2,1H3,(H,18,19). The molecule has 1 saturated heterocycles. The van der Waals surface area contributed by atoms with Gasteiger partial charge in [0, 0.05) is 25.2 Å². The molecule has 1 fully saturated rings. The Balaban J connectivity index is 1.94. The van der Waals surface area contributed by atoms with E-state index in [9.17, 15) is 19.7 Å². The van der Waals surface area contributed by atoms with Gasteiger partial charge in [-0.25, -0.2) is 0 Å². The topological polar surface area (TPSA) is 119 Å². The van der Waals surface area contributed by atoms with Crippen LogP contribution in [0.1, 0.15) is 6.42 Å². The third-order valence-corrected chi connectivity index (χ3v) is 3.60. The maximum Gasteiger partial charge on any atom is 0.311 e. The van der Waals surface area contributed by atoms with Crippen LogP contribution in [0.4, 0.5) is 5.69 Å². The molecule has 0 radical (unpaired) electrons. The van der Waals surface area contributed by atoms with Gasteiger partial charge in [-0.05, 0) is 12.5 Å². The quantitative estimate of drug-likeness (QED) is 0.610. The minimum atomic E-state index is -0.915. The number of carboxylic acid groups (broad SMARTS) is 1. The number of hydrogen-bond donors (Lipinski definition) is 1. The minimum absolute atomic E-state index is 0.0343. The molecule has 1 N–H and O–H groups in total. The first-order valence-electron chi connectivity index (χ1n) is 6.88. The zero-order valence-corrected chi connectivity index (χ0v) is 12.4. The van der Waals surface area contributed by atoms with Crippen LogP contribution < -0.4 is 9.47 Å². The number of ether oxygens (including phenoxy) is 2. The molecule has 1 aliphatic rings. The van der Waals surface area contributed by atoms with Crippen molar-refractivity contribution in [2.75, 3.05) is 26.8 Å². The SMILES string of the molecule is COc1cc(OCC(=O)N2CCC(C(=O)O)C2)ccc1[N+](=O)[O-]. The van der Waals surface area contributed by atoms with Crippen molar-refractivity contribution in [1.82, 2.24) is 4.90 Å². The van der Waals surface area contributed by atoms with Crippen LogP contribution in [0.25, 0.3) is 0 Å². The average Bonchev–Trinajstić information content (AvgIpc) is 3.02. The van der Waals surface area contributed by atoms with Gasteiger partial charge in [0.1, 0.15) is 5.75 Å². The molecular weight excluding hydrogens is 308 g/mol. The molecule has 9 heteroatoms. The molecule has 1 aromatic rings. The van der Waals surface area contributed by atoms with E-state index >= 15 is 0 Å². The lowest BCUT2D eigenvalue weighted by Crippen LogP contribution is -2.33. The second-order valence-corrected chi connectivity index (χ2v) is 5.04. The minimum Gasteiger partial charge on any atom is -0.490 e. The third kappa shape index (κ3) is 3.87. The van der Waals surface area contributed by atoms with E-state index in [1.54, 1.807) is 0 Å². The van der Waals surface area contributed by atoms with Crippen LogP contribution in [0.5, 0.6) is 11.5 Å². The Kier molecular flexibility index (Phi) is 4.99. The number of hydrogen-bond acceptors (Lipinski definition) is 6. The molecular formula is C14H16N2O7. The van der Waals surface area contributed by atoms with Crippen LogP contribution in [0.15, 0.2) is 18.2 Å². The fraction of sp³-hybridized carbons (Fsp3) is 0.429. The van der Waals surface area contributed by atoms with Crippen molar-refractivity contribution >= 4 is 17.6 Å². The summed E-state index contributed by atoms with van der Waals surface area (Å²) in [5.74, 6) is -1.49. The van der Waals surface area contributed by atoms with Gasteiger partial charge in [0.15, 0.2) is 6.61 Å². The highest BCUT2D eigenvalue weighted by Crippen LogP contribution is 2.30. The fourth-order valence-electron chi connectivity index (χ4n) is 2.32. The maximum absolute atomic E-state index is 12.0.